The van der Waals surface area contributed by atoms with Gasteiger partial charge in [-0.05, 0) is 24.3 Å². The van der Waals surface area contributed by atoms with Crippen molar-refractivity contribution in [2.24, 2.45) is 0 Å². The van der Waals surface area contributed by atoms with E-state index >= 15 is 0 Å². The van der Waals surface area contributed by atoms with Gasteiger partial charge in [-0.1, -0.05) is 18.2 Å². The fraction of sp³-hybridized carbons (Fsp3) is 0.333. The highest BCUT2D eigenvalue weighted by Crippen LogP contribution is 2.22. The number of aromatic nitrogens is 1. The molecule has 1 aromatic heterocycles. The number of hydrogen-bond acceptors (Lipinski definition) is 4. The summed E-state index contributed by atoms with van der Waals surface area (Å²) in [5.41, 5.74) is 0.719. The molecule has 0 aliphatic carbocycles. The summed E-state index contributed by atoms with van der Waals surface area (Å²) >= 11 is 0. The normalized spacial score (nSPS) is 15.1. The van der Waals surface area contributed by atoms with Crippen LogP contribution in [0.1, 0.15) is 0 Å². The SMILES string of the molecule is COc1ccccc1NC(=O)C[NH+]1CCN(c2ccccn2)CC1. The molecule has 0 radical (unpaired) electrons. The number of ether oxygens (including phenoxy) is 1. The molecule has 1 aliphatic rings. The van der Waals surface area contributed by atoms with Gasteiger partial charge >= 0.3 is 0 Å². The molecule has 0 spiro atoms. The van der Waals surface area contributed by atoms with E-state index in [-0.39, 0.29) is 5.91 Å². The lowest BCUT2D eigenvalue weighted by atomic mass is 10.2. The highest BCUT2D eigenvalue weighted by molar-refractivity contribution is 5.92. The van der Waals surface area contributed by atoms with Crippen LogP contribution in [0.4, 0.5) is 11.5 Å². The second-order valence-electron chi connectivity index (χ2n) is 5.85. The Balaban J connectivity index is 1.50. The van der Waals surface area contributed by atoms with Gasteiger partial charge in [0.1, 0.15) is 11.6 Å². The van der Waals surface area contributed by atoms with Crippen LogP contribution in [0.25, 0.3) is 0 Å². The molecule has 1 amide bonds. The highest BCUT2D eigenvalue weighted by atomic mass is 16.5. The molecule has 6 nitrogen and oxygen atoms in total. The average molecular weight is 327 g/mol. The van der Waals surface area contributed by atoms with Crippen molar-refractivity contribution >= 4 is 17.4 Å². The fourth-order valence-electron chi connectivity index (χ4n) is 2.94. The Hall–Kier alpha value is -2.60. The molecule has 0 atom stereocenters. The Kier molecular flexibility index (Phi) is 5.28. The first-order valence-electron chi connectivity index (χ1n) is 8.18. The predicted molar refractivity (Wildman–Crippen MR) is 93.6 cm³/mol. The van der Waals surface area contributed by atoms with Gasteiger partial charge in [0, 0.05) is 6.20 Å². The van der Waals surface area contributed by atoms with E-state index < -0.39 is 0 Å². The largest absolute Gasteiger partial charge is 0.495 e. The van der Waals surface area contributed by atoms with E-state index in [1.54, 1.807) is 7.11 Å². The zero-order valence-electron chi connectivity index (χ0n) is 13.9. The van der Waals surface area contributed by atoms with Crippen LogP contribution in [0.15, 0.2) is 48.7 Å². The molecule has 24 heavy (non-hydrogen) atoms. The maximum Gasteiger partial charge on any atom is 0.279 e. The van der Waals surface area contributed by atoms with Gasteiger partial charge < -0.3 is 19.9 Å². The Labute approximate surface area is 142 Å². The molecule has 126 valence electrons. The van der Waals surface area contributed by atoms with E-state index in [0.717, 1.165) is 37.7 Å². The Morgan fingerprint density at radius 3 is 2.67 bits per heavy atom. The molecule has 3 rings (SSSR count). The van der Waals surface area contributed by atoms with Crippen molar-refractivity contribution in [3.8, 4) is 5.75 Å². The zero-order chi connectivity index (χ0) is 16.8. The van der Waals surface area contributed by atoms with Gasteiger partial charge in [0.05, 0.1) is 39.0 Å². The topological polar surface area (TPSA) is 58.9 Å². The number of anilines is 2. The minimum Gasteiger partial charge on any atom is -0.495 e. The van der Waals surface area contributed by atoms with Crippen LogP contribution < -0.4 is 19.9 Å². The summed E-state index contributed by atoms with van der Waals surface area (Å²) in [7, 11) is 1.60. The number of quaternary nitrogens is 1. The standard InChI is InChI=1S/C18H22N4O2/c1-24-16-7-3-2-6-15(16)20-18(23)14-21-10-12-22(13-11-21)17-8-4-5-9-19-17/h2-9H,10-14H2,1H3,(H,20,23)/p+1. The van der Waals surface area contributed by atoms with E-state index in [2.05, 4.69) is 15.2 Å². The van der Waals surface area contributed by atoms with Crippen molar-refractivity contribution in [2.45, 2.75) is 0 Å². The van der Waals surface area contributed by atoms with E-state index in [0.29, 0.717) is 12.3 Å². The molecule has 2 N–H and O–H groups in total. The summed E-state index contributed by atoms with van der Waals surface area (Å²) in [5.74, 6) is 1.71. The van der Waals surface area contributed by atoms with E-state index in [1.807, 2.05) is 48.7 Å². The first kappa shape index (κ1) is 16.3. The van der Waals surface area contributed by atoms with Crippen LogP contribution in [0.5, 0.6) is 5.75 Å². The molecule has 6 heteroatoms. The number of methoxy groups -OCH3 is 1. The first-order chi connectivity index (χ1) is 11.8. The third-order valence-corrected chi connectivity index (χ3v) is 4.24. The number of carbonyl (C=O) groups is 1. The number of nitrogens with zero attached hydrogens (tertiary/aromatic N) is 2. The summed E-state index contributed by atoms with van der Waals surface area (Å²) in [5, 5.41) is 2.94. The lowest BCUT2D eigenvalue weighted by molar-refractivity contribution is -0.892. The van der Waals surface area contributed by atoms with Crippen molar-refractivity contribution in [1.82, 2.24) is 4.98 Å². The number of benzene rings is 1. The van der Waals surface area contributed by atoms with Gasteiger partial charge in [0.2, 0.25) is 0 Å². The molecule has 0 saturated carbocycles. The lowest BCUT2D eigenvalue weighted by Crippen LogP contribution is -3.15. The number of amides is 1. The number of hydrogen-bond donors (Lipinski definition) is 2. The number of piperazine rings is 1. The number of nitrogens with one attached hydrogen (secondary N) is 2. The third kappa shape index (κ3) is 4.02. The van der Waals surface area contributed by atoms with Gasteiger partial charge in [-0.15, -0.1) is 0 Å². The van der Waals surface area contributed by atoms with Gasteiger partial charge in [0.15, 0.2) is 6.54 Å². The van der Waals surface area contributed by atoms with Crippen molar-refractivity contribution in [2.75, 3.05) is 50.1 Å². The second-order valence-corrected chi connectivity index (χ2v) is 5.85. The summed E-state index contributed by atoms with van der Waals surface area (Å²) in [6.07, 6.45) is 1.81. The van der Waals surface area contributed by atoms with Crippen LogP contribution in [0.2, 0.25) is 0 Å². The Morgan fingerprint density at radius 2 is 1.96 bits per heavy atom. The van der Waals surface area contributed by atoms with Crippen LogP contribution in [0, 0.1) is 0 Å². The van der Waals surface area contributed by atoms with Crippen LogP contribution in [0.3, 0.4) is 0 Å². The summed E-state index contributed by atoms with van der Waals surface area (Å²) in [6, 6.07) is 13.4. The van der Waals surface area contributed by atoms with Gasteiger partial charge in [-0.2, -0.15) is 0 Å². The van der Waals surface area contributed by atoms with E-state index in [1.165, 1.54) is 4.90 Å². The number of carbonyl (C=O) groups excluding carboxylic acids is 1. The maximum atomic E-state index is 12.3. The van der Waals surface area contributed by atoms with Gasteiger partial charge in [-0.3, -0.25) is 4.79 Å². The summed E-state index contributed by atoms with van der Waals surface area (Å²) in [4.78, 5) is 20.2. The van der Waals surface area contributed by atoms with Gasteiger partial charge in [-0.25, -0.2) is 4.98 Å². The monoisotopic (exact) mass is 327 g/mol. The lowest BCUT2D eigenvalue weighted by Gasteiger charge is -2.32. The van der Waals surface area contributed by atoms with Crippen molar-refractivity contribution in [1.29, 1.82) is 0 Å². The van der Waals surface area contributed by atoms with Crippen LogP contribution in [-0.4, -0.2) is 50.7 Å². The number of pyridine rings is 1. The molecule has 1 saturated heterocycles. The quantitative estimate of drug-likeness (QED) is 0.836. The molecule has 1 aromatic carbocycles. The average Bonchev–Trinajstić information content (AvgIpc) is 2.63. The highest BCUT2D eigenvalue weighted by Gasteiger charge is 2.23. The Bertz CT molecular complexity index is 670. The van der Waals surface area contributed by atoms with Gasteiger partial charge in [0.25, 0.3) is 5.91 Å². The molecule has 1 aliphatic heterocycles. The number of para-hydroxylation sites is 2. The van der Waals surface area contributed by atoms with Crippen LogP contribution in [-0.2, 0) is 4.79 Å². The zero-order valence-corrected chi connectivity index (χ0v) is 13.9. The van der Waals surface area contributed by atoms with Crippen molar-refractivity contribution in [3.63, 3.8) is 0 Å². The van der Waals surface area contributed by atoms with Crippen molar-refractivity contribution < 1.29 is 14.4 Å². The molecular weight excluding hydrogens is 304 g/mol. The predicted octanol–water partition coefficient (Wildman–Crippen LogP) is 0.434. The minimum absolute atomic E-state index is 0.0146. The first-order valence-corrected chi connectivity index (χ1v) is 8.18. The minimum atomic E-state index is 0.0146. The second kappa shape index (κ2) is 7.79. The van der Waals surface area contributed by atoms with Crippen molar-refractivity contribution in [3.05, 3.63) is 48.7 Å². The molecule has 2 aromatic rings. The fourth-order valence-corrected chi connectivity index (χ4v) is 2.94. The molecule has 0 unspecified atom stereocenters. The molecule has 0 bridgehead atoms. The van der Waals surface area contributed by atoms with Crippen LogP contribution >= 0.6 is 0 Å². The maximum absolute atomic E-state index is 12.3. The molecular formula is C18H23N4O2+. The molecule has 2 heterocycles. The summed E-state index contributed by atoms with van der Waals surface area (Å²) in [6.45, 7) is 4.14. The molecule has 1 fully saturated rings. The van der Waals surface area contributed by atoms with E-state index in [4.69, 9.17) is 4.74 Å². The van der Waals surface area contributed by atoms with E-state index in [9.17, 15) is 4.79 Å². The summed E-state index contributed by atoms with van der Waals surface area (Å²) < 4.78 is 5.26. The smallest absolute Gasteiger partial charge is 0.279 e. The third-order valence-electron chi connectivity index (χ3n) is 4.24. The Morgan fingerprint density at radius 1 is 1.21 bits per heavy atom. The number of rotatable bonds is 5.